The average Bonchev–Trinajstić information content (AvgIpc) is 2.52. The van der Waals surface area contributed by atoms with Gasteiger partial charge in [-0.3, -0.25) is 0 Å². The number of rotatable bonds is 0. The smallest absolute Gasteiger partial charge is 0.166 e. The van der Waals surface area contributed by atoms with Crippen LogP contribution < -0.4 is 0 Å². The molecule has 2 aromatic rings. The van der Waals surface area contributed by atoms with Crippen molar-refractivity contribution in [3.05, 3.63) is 30.5 Å². The topological polar surface area (TPSA) is 49.9 Å². The molecule has 0 saturated heterocycles. The Labute approximate surface area is 74.5 Å². The molecule has 4 heteroatoms. The number of fused-ring (bicyclic) bond motifs is 1. The zero-order valence-electron chi connectivity index (χ0n) is 6.15. The molecule has 0 aliphatic carbocycles. The number of thiocarbonyl (C=S) groups is 1. The number of isothiocyanates is 1. The Hall–Kier alpha value is -1.51. The Morgan fingerprint density at radius 1 is 1.42 bits per heavy atom. The van der Waals surface area contributed by atoms with Crippen LogP contribution in [0, 0.1) is 5.41 Å². The van der Waals surface area contributed by atoms with Gasteiger partial charge in [-0.15, -0.1) is 0 Å². The molecular weight excluding hydrogens is 172 g/mol. The number of hydrogen-bond acceptors (Lipinski definition) is 4. The first kappa shape index (κ1) is 8.59. The molecule has 0 unspecified atom stereocenters. The van der Waals surface area contributed by atoms with Gasteiger partial charge in [0.25, 0.3) is 0 Å². The van der Waals surface area contributed by atoms with E-state index in [0.717, 1.165) is 11.0 Å². The maximum absolute atomic E-state index is 5.77. The lowest BCUT2D eigenvalue weighted by atomic mass is 10.3. The van der Waals surface area contributed by atoms with Crippen LogP contribution in [0.2, 0.25) is 0 Å². The number of benzene rings is 1. The molecule has 0 atom stereocenters. The van der Waals surface area contributed by atoms with Crippen LogP contribution in [0.4, 0.5) is 0 Å². The van der Waals surface area contributed by atoms with Gasteiger partial charge < -0.3 is 4.52 Å². The standard InChI is InChI=1S/C7H5NO.CHNS/c1-2-4-7-6(3-1)5-8-9-7;2-1-3/h1-5H;2H. The fraction of sp³-hybridized carbons (Fsp3) is 0. The van der Waals surface area contributed by atoms with Crippen LogP contribution in [-0.2, 0) is 0 Å². The highest BCUT2D eigenvalue weighted by Gasteiger charge is 1.91. The molecule has 1 aromatic carbocycles. The molecule has 12 heavy (non-hydrogen) atoms. The van der Waals surface area contributed by atoms with Gasteiger partial charge in [0.05, 0.1) is 11.4 Å². The normalized spacial score (nSPS) is 8.33. The van der Waals surface area contributed by atoms with Crippen molar-refractivity contribution < 1.29 is 4.52 Å². The highest BCUT2D eigenvalue weighted by Crippen LogP contribution is 2.10. The fourth-order valence-electron chi connectivity index (χ4n) is 0.810. The van der Waals surface area contributed by atoms with E-state index in [1.165, 1.54) is 0 Å². The van der Waals surface area contributed by atoms with Crippen molar-refractivity contribution in [2.24, 2.45) is 0 Å². The molecule has 0 radical (unpaired) electrons. The summed E-state index contributed by atoms with van der Waals surface area (Å²) in [5, 5.41) is 12.0. The van der Waals surface area contributed by atoms with Gasteiger partial charge >= 0.3 is 0 Å². The average molecular weight is 178 g/mol. The van der Waals surface area contributed by atoms with E-state index in [-0.39, 0.29) is 0 Å². The lowest BCUT2D eigenvalue weighted by Gasteiger charge is -1.78. The predicted octanol–water partition coefficient (Wildman–Crippen LogP) is 2.50. The van der Waals surface area contributed by atoms with Crippen LogP contribution >= 0.6 is 12.2 Å². The number of para-hydroxylation sites is 1. The Morgan fingerprint density at radius 3 is 2.75 bits per heavy atom. The quantitative estimate of drug-likeness (QED) is 0.498. The summed E-state index contributed by atoms with van der Waals surface area (Å²) in [6, 6.07) is 7.74. The molecule has 0 saturated carbocycles. The lowest BCUT2D eigenvalue weighted by molar-refractivity contribution is 0.456. The molecule has 0 bridgehead atoms. The van der Waals surface area contributed by atoms with E-state index < -0.39 is 0 Å². The van der Waals surface area contributed by atoms with Gasteiger partial charge in [0.1, 0.15) is 0 Å². The minimum absolute atomic E-state index is 0.845. The summed E-state index contributed by atoms with van der Waals surface area (Å²) < 4.78 is 4.87. The van der Waals surface area contributed by atoms with Gasteiger partial charge in [-0.05, 0) is 24.4 Å². The van der Waals surface area contributed by atoms with Crippen molar-refractivity contribution in [3.63, 3.8) is 0 Å². The van der Waals surface area contributed by atoms with Crippen LogP contribution in [0.15, 0.2) is 35.0 Å². The van der Waals surface area contributed by atoms with E-state index in [4.69, 9.17) is 9.93 Å². The number of hydrogen-bond donors (Lipinski definition) is 1. The van der Waals surface area contributed by atoms with Crippen molar-refractivity contribution in [1.82, 2.24) is 5.16 Å². The zero-order chi connectivity index (χ0) is 8.81. The summed E-state index contributed by atoms with van der Waals surface area (Å²) in [6.07, 6.45) is 1.70. The summed E-state index contributed by atoms with van der Waals surface area (Å²) in [7, 11) is 0. The van der Waals surface area contributed by atoms with Crippen LogP contribution in [0.3, 0.4) is 0 Å². The summed E-state index contributed by atoms with van der Waals surface area (Å²) in [4.78, 5) is 0. The molecule has 60 valence electrons. The minimum Gasteiger partial charge on any atom is -0.356 e. The van der Waals surface area contributed by atoms with Crippen molar-refractivity contribution in [2.75, 3.05) is 0 Å². The highest BCUT2D eigenvalue weighted by molar-refractivity contribution is 7.78. The number of aromatic nitrogens is 1. The Kier molecular flexibility index (Phi) is 3.14. The SMILES string of the molecule is N=C=S.c1ccc2oncc2c1. The zero-order valence-corrected chi connectivity index (χ0v) is 6.97. The van der Waals surface area contributed by atoms with Crippen molar-refractivity contribution in [1.29, 1.82) is 5.41 Å². The van der Waals surface area contributed by atoms with Gasteiger partial charge in [0.15, 0.2) is 5.58 Å². The second-order valence-corrected chi connectivity index (χ2v) is 2.17. The van der Waals surface area contributed by atoms with E-state index in [9.17, 15) is 0 Å². The van der Waals surface area contributed by atoms with Crippen molar-refractivity contribution >= 4 is 28.3 Å². The first-order chi connectivity index (χ1) is 5.88. The molecule has 0 aliphatic heterocycles. The molecular formula is C8H6N2OS. The van der Waals surface area contributed by atoms with Gasteiger partial charge in [-0.25, -0.2) is 5.41 Å². The largest absolute Gasteiger partial charge is 0.356 e. The molecule has 0 spiro atoms. The lowest BCUT2D eigenvalue weighted by Crippen LogP contribution is -1.57. The van der Waals surface area contributed by atoms with E-state index in [2.05, 4.69) is 17.4 Å². The molecule has 0 aliphatic rings. The van der Waals surface area contributed by atoms with Gasteiger partial charge in [0.2, 0.25) is 0 Å². The van der Waals surface area contributed by atoms with E-state index in [0.29, 0.717) is 0 Å². The molecule has 3 nitrogen and oxygen atoms in total. The highest BCUT2D eigenvalue weighted by atomic mass is 32.1. The van der Waals surface area contributed by atoms with Crippen LogP contribution in [0.1, 0.15) is 0 Å². The maximum atomic E-state index is 5.77. The first-order valence-electron chi connectivity index (χ1n) is 3.22. The van der Waals surface area contributed by atoms with Crippen LogP contribution in [-0.4, -0.2) is 10.3 Å². The van der Waals surface area contributed by atoms with Crippen molar-refractivity contribution in [3.8, 4) is 0 Å². The second-order valence-electron chi connectivity index (χ2n) is 1.97. The number of nitrogens with zero attached hydrogens (tertiary/aromatic N) is 1. The third-order valence-electron chi connectivity index (χ3n) is 1.26. The Balaban J connectivity index is 0.000000213. The van der Waals surface area contributed by atoms with E-state index in [1.54, 1.807) is 11.4 Å². The number of nitrogens with one attached hydrogen (secondary N) is 1. The summed E-state index contributed by atoms with van der Waals surface area (Å²) in [5.41, 5.74) is 0.845. The van der Waals surface area contributed by atoms with Gasteiger partial charge in [-0.1, -0.05) is 17.3 Å². The first-order valence-corrected chi connectivity index (χ1v) is 3.62. The van der Waals surface area contributed by atoms with Crippen LogP contribution in [0.5, 0.6) is 0 Å². The Bertz CT molecular complexity index is 360. The molecule has 0 fully saturated rings. The van der Waals surface area contributed by atoms with Gasteiger partial charge in [-0.2, -0.15) is 0 Å². The molecule has 1 aromatic heterocycles. The summed E-state index contributed by atoms with van der Waals surface area (Å²) in [5.74, 6) is 0. The van der Waals surface area contributed by atoms with E-state index in [1.807, 2.05) is 24.3 Å². The maximum Gasteiger partial charge on any atom is 0.166 e. The molecule has 1 N–H and O–H groups in total. The van der Waals surface area contributed by atoms with Gasteiger partial charge in [0, 0.05) is 5.39 Å². The third kappa shape index (κ3) is 1.99. The monoisotopic (exact) mass is 178 g/mol. The Morgan fingerprint density at radius 2 is 2.08 bits per heavy atom. The molecule has 1 heterocycles. The summed E-state index contributed by atoms with van der Waals surface area (Å²) >= 11 is 3.81. The summed E-state index contributed by atoms with van der Waals surface area (Å²) in [6.45, 7) is 0. The van der Waals surface area contributed by atoms with E-state index >= 15 is 0 Å². The second kappa shape index (κ2) is 4.38. The van der Waals surface area contributed by atoms with Crippen LogP contribution in [0.25, 0.3) is 11.0 Å². The predicted molar refractivity (Wildman–Crippen MR) is 49.3 cm³/mol. The molecule has 0 amide bonds. The van der Waals surface area contributed by atoms with Crippen molar-refractivity contribution in [2.45, 2.75) is 0 Å². The third-order valence-corrected chi connectivity index (χ3v) is 1.26. The molecule has 2 rings (SSSR count). The minimum atomic E-state index is 0.845. The fourth-order valence-corrected chi connectivity index (χ4v) is 0.810.